The van der Waals surface area contributed by atoms with E-state index in [1.807, 2.05) is 0 Å². The quantitative estimate of drug-likeness (QED) is 0.0793. The van der Waals surface area contributed by atoms with Gasteiger partial charge in [0.2, 0.25) is 0 Å². The molecule has 40 heavy (non-hydrogen) atoms. The minimum atomic E-state index is -2.31. The molecule has 0 spiro atoms. The van der Waals surface area contributed by atoms with Gasteiger partial charge >= 0.3 is 0 Å². The topological polar surface area (TPSA) is 424 Å². The molecule has 0 rings (SSSR count). The molecule has 0 aliphatic carbocycles. The Bertz CT molecular complexity index is 608. The second kappa shape index (κ2) is 23.0. The van der Waals surface area contributed by atoms with E-state index in [9.17, 15) is 29.7 Å². The van der Waals surface area contributed by atoms with E-state index in [1.165, 1.54) is 0 Å². The van der Waals surface area contributed by atoms with Crippen molar-refractivity contribution in [2.75, 3.05) is 19.8 Å². The normalized spacial score (nSPS) is 19.9. The zero-order valence-corrected chi connectivity index (χ0v) is 21.6. The number of aliphatic carboxylic acids is 3. The molecule has 0 bridgehead atoms. The van der Waals surface area contributed by atoms with Crippen molar-refractivity contribution in [1.29, 1.82) is 0 Å². The second-order valence-corrected chi connectivity index (χ2v) is 7.48. The molecule has 0 aromatic carbocycles. The molecule has 0 aromatic heterocycles. The van der Waals surface area contributed by atoms with Crippen molar-refractivity contribution in [3.63, 3.8) is 0 Å². The van der Waals surface area contributed by atoms with Crippen molar-refractivity contribution in [3.05, 3.63) is 0 Å². The van der Waals surface area contributed by atoms with Crippen LogP contribution in [0.4, 0.5) is 0 Å². The van der Waals surface area contributed by atoms with Gasteiger partial charge in [0.1, 0.15) is 73.2 Å². The van der Waals surface area contributed by atoms with Crippen LogP contribution in [0.25, 0.3) is 0 Å². The molecule has 21 nitrogen and oxygen atoms in total. The monoisotopic (exact) mass is 636 g/mol. The number of rotatable bonds is 15. The van der Waals surface area contributed by atoms with Gasteiger partial charge in [-0.15, -0.1) is 0 Å². The SMILES string of the molecule is O=C([O-])[C@H](O)[C@@H](O)[C@H](O)[C@H](O)CO.O=C([O-])[C@H](O)[C@@H](O)[C@H](O)[C@H](O)CO.O=C([O-])[C@H](O)[C@@H](O)[C@H](O)[C@H](O)CO.[V]. The molecule has 0 fully saturated rings. The van der Waals surface area contributed by atoms with Gasteiger partial charge < -0.3 is 106 Å². The summed E-state index contributed by atoms with van der Waals surface area (Å²) in [5, 5.41) is 160. The summed E-state index contributed by atoms with van der Waals surface area (Å²) in [6.07, 6.45) is -24.2. The molecule has 1 radical (unpaired) electrons. The number of carbonyl (C=O) groups excluding carboxylic acids is 3. The standard InChI is InChI=1S/3C6H12O7.V/c3*7-1-2(8)3(9)4(10)5(11)6(12)13;/h3*2-5,7-11H,1H2,(H,12,13);/p-3/t3*2-,3-,4+,5-;/m111./s1. The Morgan fingerprint density at radius 1 is 0.400 bits per heavy atom. The van der Waals surface area contributed by atoms with Gasteiger partial charge in [0, 0.05) is 18.6 Å². The van der Waals surface area contributed by atoms with Crippen LogP contribution in [0, 0.1) is 0 Å². The summed E-state index contributed by atoms with van der Waals surface area (Å²) in [7, 11) is 0. The summed E-state index contributed by atoms with van der Waals surface area (Å²) in [6.45, 7) is -2.59. The van der Waals surface area contributed by atoms with E-state index in [0.29, 0.717) is 0 Å². The largest absolute Gasteiger partial charge is 0.547 e. The first-order chi connectivity index (χ1) is 17.7. The molecule has 0 saturated heterocycles. The summed E-state index contributed by atoms with van der Waals surface area (Å²) < 4.78 is 0. The molecule has 239 valence electrons. The first kappa shape index (κ1) is 45.4. The van der Waals surface area contributed by atoms with Gasteiger partial charge in [-0.1, -0.05) is 0 Å². The molecule has 0 unspecified atom stereocenters. The summed E-state index contributed by atoms with van der Waals surface area (Å²) in [5.41, 5.74) is 0. The maximum absolute atomic E-state index is 9.98. The van der Waals surface area contributed by atoms with E-state index in [-0.39, 0.29) is 18.6 Å². The van der Waals surface area contributed by atoms with Crippen molar-refractivity contribution in [3.8, 4) is 0 Å². The van der Waals surface area contributed by atoms with E-state index in [4.69, 9.17) is 76.6 Å². The fourth-order valence-electron chi connectivity index (χ4n) is 1.99. The van der Waals surface area contributed by atoms with Crippen LogP contribution in [-0.4, -0.2) is 188 Å². The number of carboxylic acids is 3. The summed E-state index contributed by atoms with van der Waals surface area (Å²) >= 11 is 0. The van der Waals surface area contributed by atoms with Gasteiger partial charge in [0.15, 0.2) is 0 Å². The van der Waals surface area contributed by atoms with Crippen LogP contribution in [0.5, 0.6) is 0 Å². The molecule has 0 aliphatic rings. The molecule has 0 aromatic rings. The number of carboxylic acid groups (broad SMARTS) is 3. The zero-order chi connectivity index (χ0) is 31.8. The predicted molar refractivity (Wildman–Crippen MR) is 108 cm³/mol. The van der Waals surface area contributed by atoms with Crippen molar-refractivity contribution in [2.24, 2.45) is 0 Å². The minimum Gasteiger partial charge on any atom is -0.547 e. The van der Waals surface area contributed by atoms with Gasteiger partial charge in [-0.25, -0.2) is 0 Å². The number of hydrogen-bond acceptors (Lipinski definition) is 21. The maximum atomic E-state index is 9.98. The Kier molecular flexibility index (Phi) is 26.1. The molecule has 22 heteroatoms. The van der Waals surface area contributed by atoms with Crippen LogP contribution in [0.1, 0.15) is 0 Å². The van der Waals surface area contributed by atoms with Gasteiger partial charge in [-0.3, -0.25) is 0 Å². The maximum Gasteiger partial charge on any atom is 0.122 e. The molecule has 0 heterocycles. The van der Waals surface area contributed by atoms with Crippen LogP contribution < -0.4 is 15.3 Å². The molecule has 0 amide bonds. The fraction of sp³-hybridized carbons (Fsp3) is 0.833. The minimum absolute atomic E-state index is 0. The molecule has 0 saturated carbocycles. The first-order valence-electron chi connectivity index (χ1n) is 10.4. The molecule has 12 atom stereocenters. The Morgan fingerprint density at radius 3 is 0.650 bits per heavy atom. The summed E-state index contributed by atoms with van der Waals surface area (Å²) in [4.78, 5) is 29.9. The van der Waals surface area contributed by atoms with Crippen molar-refractivity contribution < 1.29 is 125 Å². The van der Waals surface area contributed by atoms with Crippen LogP contribution in [0.2, 0.25) is 0 Å². The Hall–Kier alpha value is -1.61. The van der Waals surface area contributed by atoms with Crippen molar-refractivity contribution in [2.45, 2.75) is 73.2 Å². The van der Waals surface area contributed by atoms with Crippen LogP contribution in [-0.2, 0) is 32.9 Å². The second-order valence-electron chi connectivity index (χ2n) is 7.48. The first-order valence-corrected chi connectivity index (χ1v) is 10.4. The number of aliphatic hydroxyl groups excluding tert-OH is 15. The van der Waals surface area contributed by atoms with E-state index in [0.717, 1.165) is 0 Å². The Balaban J connectivity index is -0.000000240. The average molecular weight is 636 g/mol. The molecular weight excluding hydrogens is 603 g/mol. The van der Waals surface area contributed by atoms with Crippen molar-refractivity contribution >= 4 is 17.9 Å². The van der Waals surface area contributed by atoms with Crippen LogP contribution >= 0.6 is 0 Å². The van der Waals surface area contributed by atoms with Crippen LogP contribution in [0.15, 0.2) is 0 Å². The van der Waals surface area contributed by atoms with Gasteiger partial charge in [-0.05, 0) is 0 Å². The summed E-state index contributed by atoms with van der Waals surface area (Å²) in [6, 6.07) is 0. The van der Waals surface area contributed by atoms with Gasteiger partial charge in [-0.2, -0.15) is 0 Å². The van der Waals surface area contributed by atoms with Gasteiger partial charge in [0.25, 0.3) is 0 Å². The molecule has 0 aliphatic heterocycles. The van der Waals surface area contributed by atoms with E-state index >= 15 is 0 Å². The van der Waals surface area contributed by atoms with Crippen LogP contribution in [0.3, 0.4) is 0 Å². The fourth-order valence-corrected chi connectivity index (χ4v) is 1.99. The van der Waals surface area contributed by atoms with E-state index < -0.39 is 111 Å². The van der Waals surface area contributed by atoms with Crippen molar-refractivity contribution in [1.82, 2.24) is 0 Å². The molecular formula is C18H33O21V-3. The summed E-state index contributed by atoms with van der Waals surface area (Å²) in [5.74, 6) is -5.93. The Morgan fingerprint density at radius 2 is 0.550 bits per heavy atom. The van der Waals surface area contributed by atoms with E-state index in [2.05, 4.69) is 0 Å². The molecule has 15 N–H and O–H groups in total. The average Bonchev–Trinajstić information content (AvgIpc) is 2.92. The third kappa shape index (κ3) is 16.6. The number of aliphatic hydroxyl groups is 15. The number of hydrogen-bond donors (Lipinski definition) is 15. The predicted octanol–water partition coefficient (Wildman–Crippen LogP) is -14.5. The Labute approximate surface area is 236 Å². The third-order valence-corrected chi connectivity index (χ3v) is 4.49. The van der Waals surface area contributed by atoms with Gasteiger partial charge in [0.05, 0.1) is 37.7 Å². The number of carbonyl (C=O) groups is 3. The van der Waals surface area contributed by atoms with E-state index in [1.54, 1.807) is 0 Å². The smallest absolute Gasteiger partial charge is 0.122 e. The zero-order valence-electron chi connectivity index (χ0n) is 20.2. The third-order valence-electron chi connectivity index (χ3n) is 4.49.